The molecule has 0 aliphatic carbocycles. The molecule has 0 amide bonds. The van der Waals surface area contributed by atoms with Crippen molar-refractivity contribution < 1.29 is 14.2 Å². The predicted octanol–water partition coefficient (Wildman–Crippen LogP) is 6.81. The highest BCUT2D eigenvalue weighted by Gasteiger charge is 2.13. The number of aliphatic imine (C=N–C) groups is 1. The van der Waals surface area contributed by atoms with Crippen LogP contribution in [0.5, 0.6) is 17.2 Å². The highest BCUT2D eigenvalue weighted by Crippen LogP contribution is 2.35. The molecule has 6 heteroatoms. The summed E-state index contributed by atoms with van der Waals surface area (Å²) in [6, 6.07) is 23.6. The van der Waals surface area contributed by atoms with Gasteiger partial charge in [0.1, 0.15) is 12.4 Å². The molecule has 33 heavy (non-hydrogen) atoms. The minimum absolute atomic E-state index is 0.259. The Morgan fingerprint density at radius 1 is 0.939 bits per heavy atom. The van der Waals surface area contributed by atoms with E-state index in [1.807, 2.05) is 60.8 Å². The Morgan fingerprint density at radius 3 is 2.48 bits per heavy atom. The third-order valence-corrected chi connectivity index (χ3v) is 5.84. The van der Waals surface area contributed by atoms with Gasteiger partial charge < -0.3 is 18.8 Å². The monoisotopic (exact) mass is 458 g/mol. The summed E-state index contributed by atoms with van der Waals surface area (Å²) in [5.41, 5.74) is 6.29. The Bertz CT molecular complexity index is 1310. The predicted molar refractivity (Wildman–Crippen MR) is 131 cm³/mol. The number of hydrogen-bond acceptors (Lipinski definition) is 4. The van der Waals surface area contributed by atoms with Crippen LogP contribution in [0.25, 0.3) is 5.69 Å². The van der Waals surface area contributed by atoms with Crippen LogP contribution in [-0.2, 0) is 6.61 Å². The molecular weight excluding hydrogens is 436 g/mol. The minimum atomic E-state index is 0.259. The van der Waals surface area contributed by atoms with Gasteiger partial charge in [-0.05, 0) is 74.0 Å². The number of fused-ring (bicyclic) bond motifs is 1. The first-order chi connectivity index (χ1) is 16.1. The number of ether oxygens (including phenoxy) is 3. The number of rotatable bonds is 6. The van der Waals surface area contributed by atoms with Gasteiger partial charge in [-0.1, -0.05) is 23.7 Å². The molecule has 0 N–H and O–H groups in total. The summed E-state index contributed by atoms with van der Waals surface area (Å²) in [5.74, 6) is 2.31. The fraction of sp³-hybridized carbons (Fsp3) is 0.148. The molecule has 0 fully saturated rings. The lowest BCUT2D eigenvalue weighted by atomic mass is 10.2. The summed E-state index contributed by atoms with van der Waals surface area (Å²) in [4.78, 5) is 4.63. The first kappa shape index (κ1) is 21.2. The topological polar surface area (TPSA) is 45.0 Å². The molecule has 3 aromatic carbocycles. The van der Waals surface area contributed by atoms with Crippen LogP contribution < -0.4 is 14.2 Å². The van der Waals surface area contributed by atoms with Crippen LogP contribution in [0.3, 0.4) is 0 Å². The number of aryl methyl sites for hydroxylation is 1. The molecule has 0 radical (unpaired) electrons. The van der Waals surface area contributed by atoms with Gasteiger partial charge in [-0.2, -0.15) is 0 Å². The van der Waals surface area contributed by atoms with E-state index in [9.17, 15) is 0 Å². The molecule has 0 saturated carbocycles. The second kappa shape index (κ2) is 9.04. The summed E-state index contributed by atoms with van der Waals surface area (Å²) in [6.07, 6.45) is 1.89. The molecule has 0 spiro atoms. The molecule has 0 atom stereocenters. The van der Waals surface area contributed by atoms with Crippen molar-refractivity contribution in [1.29, 1.82) is 0 Å². The lowest BCUT2D eigenvalue weighted by Gasteiger charge is -2.11. The van der Waals surface area contributed by atoms with Gasteiger partial charge in [0.2, 0.25) is 6.79 Å². The molecule has 0 bridgehead atoms. The van der Waals surface area contributed by atoms with Crippen LogP contribution in [-0.4, -0.2) is 17.6 Å². The van der Waals surface area contributed by atoms with Crippen molar-refractivity contribution >= 4 is 23.5 Å². The van der Waals surface area contributed by atoms with Gasteiger partial charge in [0.05, 0.1) is 5.69 Å². The fourth-order valence-corrected chi connectivity index (χ4v) is 3.99. The van der Waals surface area contributed by atoms with Crippen molar-refractivity contribution in [3.8, 4) is 22.9 Å². The molecule has 1 aliphatic heterocycles. The van der Waals surface area contributed by atoms with E-state index in [1.54, 1.807) is 0 Å². The fourth-order valence-electron chi connectivity index (χ4n) is 3.86. The standard InChI is InChI=1S/C27H23ClN2O3/c1-18-13-21(15-29-23-7-12-26-27(14-23)33-17-32-26)19(2)30(18)24-8-10-25(11-9-24)31-16-20-3-5-22(28)6-4-20/h3-15H,16-17H2,1-2H3. The van der Waals surface area contributed by atoms with E-state index < -0.39 is 0 Å². The maximum Gasteiger partial charge on any atom is 0.231 e. The smallest absolute Gasteiger partial charge is 0.231 e. The van der Waals surface area contributed by atoms with Gasteiger partial charge in [0, 0.05) is 39.9 Å². The number of hydrogen-bond donors (Lipinski definition) is 0. The number of nitrogens with zero attached hydrogens (tertiary/aromatic N) is 2. The van der Waals surface area contributed by atoms with Crippen LogP contribution in [0, 0.1) is 13.8 Å². The molecule has 1 aliphatic rings. The number of halogens is 1. The number of benzene rings is 3. The van der Waals surface area contributed by atoms with Crippen molar-refractivity contribution in [3.63, 3.8) is 0 Å². The van der Waals surface area contributed by atoms with Crippen LogP contribution in [0.15, 0.2) is 77.8 Å². The number of aromatic nitrogens is 1. The zero-order valence-electron chi connectivity index (χ0n) is 18.4. The first-order valence-corrected chi connectivity index (χ1v) is 11.0. The maximum atomic E-state index is 5.94. The average molecular weight is 459 g/mol. The van der Waals surface area contributed by atoms with Crippen LogP contribution in [0.2, 0.25) is 5.02 Å². The zero-order valence-corrected chi connectivity index (χ0v) is 19.2. The Labute approximate surface area is 197 Å². The molecule has 2 heterocycles. The van der Waals surface area contributed by atoms with Crippen molar-refractivity contribution in [2.75, 3.05) is 6.79 Å². The minimum Gasteiger partial charge on any atom is -0.489 e. The molecule has 5 rings (SSSR count). The Hall–Kier alpha value is -3.70. The average Bonchev–Trinajstić information content (AvgIpc) is 3.41. The van der Waals surface area contributed by atoms with Gasteiger partial charge in [-0.25, -0.2) is 0 Å². The third-order valence-electron chi connectivity index (χ3n) is 5.59. The van der Waals surface area contributed by atoms with Crippen LogP contribution in [0.4, 0.5) is 5.69 Å². The van der Waals surface area contributed by atoms with E-state index in [2.05, 4.69) is 41.6 Å². The van der Waals surface area contributed by atoms with Gasteiger partial charge in [0.25, 0.3) is 0 Å². The lowest BCUT2D eigenvalue weighted by molar-refractivity contribution is 0.174. The van der Waals surface area contributed by atoms with E-state index in [4.69, 9.17) is 25.8 Å². The van der Waals surface area contributed by atoms with Gasteiger partial charge in [0.15, 0.2) is 11.5 Å². The lowest BCUT2D eigenvalue weighted by Crippen LogP contribution is -2.00. The summed E-state index contributed by atoms with van der Waals surface area (Å²) in [6.45, 7) is 4.95. The van der Waals surface area contributed by atoms with Gasteiger partial charge in [-0.15, -0.1) is 0 Å². The molecule has 0 unspecified atom stereocenters. The molecule has 5 nitrogen and oxygen atoms in total. The van der Waals surface area contributed by atoms with Gasteiger partial charge >= 0.3 is 0 Å². The van der Waals surface area contributed by atoms with Crippen molar-refractivity contribution in [2.24, 2.45) is 4.99 Å². The van der Waals surface area contributed by atoms with E-state index in [0.29, 0.717) is 6.61 Å². The molecule has 1 aromatic heterocycles. The van der Waals surface area contributed by atoms with Gasteiger partial charge in [-0.3, -0.25) is 4.99 Å². The van der Waals surface area contributed by atoms with E-state index >= 15 is 0 Å². The Kier molecular flexibility index (Phi) is 5.80. The Morgan fingerprint density at radius 2 is 1.70 bits per heavy atom. The summed E-state index contributed by atoms with van der Waals surface area (Å²) in [5, 5.41) is 0.723. The third kappa shape index (κ3) is 4.59. The van der Waals surface area contributed by atoms with E-state index in [-0.39, 0.29) is 6.79 Å². The molecule has 166 valence electrons. The normalized spacial score (nSPS) is 12.5. The zero-order chi connectivity index (χ0) is 22.8. The molecular formula is C27H23ClN2O3. The first-order valence-electron chi connectivity index (χ1n) is 10.7. The summed E-state index contributed by atoms with van der Waals surface area (Å²) >= 11 is 5.94. The second-order valence-electron chi connectivity index (χ2n) is 7.87. The highest BCUT2D eigenvalue weighted by molar-refractivity contribution is 6.30. The molecule has 0 saturated heterocycles. The van der Waals surface area contributed by atoms with E-state index in [1.165, 1.54) is 0 Å². The largest absolute Gasteiger partial charge is 0.489 e. The highest BCUT2D eigenvalue weighted by atomic mass is 35.5. The van der Waals surface area contributed by atoms with Crippen molar-refractivity contribution in [3.05, 3.63) is 100 Å². The van der Waals surface area contributed by atoms with Crippen molar-refractivity contribution in [1.82, 2.24) is 4.57 Å². The Balaban J connectivity index is 1.31. The van der Waals surface area contributed by atoms with Crippen molar-refractivity contribution in [2.45, 2.75) is 20.5 Å². The summed E-state index contributed by atoms with van der Waals surface area (Å²) in [7, 11) is 0. The summed E-state index contributed by atoms with van der Waals surface area (Å²) < 4.78 is 18.9. The van der Waals surface area contributed by atoms with Crippen LogP contribution in [0.1, 0.15) is 22.5 Å². The second-order valence-corrected chi connectivity index (χ2v) is 8.30. The maximum absolute atomic E-state index is 5.94. The van der Waals surface area contributed by atoms with E-state index in [0.717, 1.165) is 56.2 Å². The quantitative estimate of drug-likeness (QED) is 0.298. The molecule has 4 aromatic rings. The van der Waals surface area contributed by atoms with Crippen LogP contribution >= 0.6 is 11.6 Å². The SMILES string of the molecule is Cc1cc(C=Nc2ccc3c(c2)OCO3)c(C)n1-c1ccc(OCc2ccc(Cl)cc2)cc1.